The van der Waals surface area contributed by atoms with E-state index < -0.39 is 0 Å². The van der Waals surface area contributed by atoms with Crippen molar-refractivity contribution in [3.8, 4) is 0 Å². The Balaban J connectivity index is 1.89. The molecule has 1 aliphatic rings. The van der Waals surface area contributed by atoms with Crippen LogP contribution in [0.3, 0.4) is 0 Å². The van der Waals surface area contributed by atoms with Gasteiger partial charge in [0, 0.05) is 25.2 Å². The van der Waals surface area contributed by atoms with Gasteiger partial charge < -0.3 is 5.32 Å². The lowest BCUT2D eigenvalue weighted by Crippen LogP contribution is -2.33. The maximum atomic E-state index is 11.8. The summed E-state index contributed by atoms with van der Waals surface area (Å²) in [5.74, 6) is 0.841. The molecule has 1 N–H and O–H groups in total. The van der Waals surface area contributed by atoms with Gasteiger partial charge >= 0.3 is 0 Å². The van der Waals surface area contributed by atoms with Crippen molar-refractivity contribution in [1.82, 2.24) is 10.2 Å². The maximum absolute atomic E-state index is 11.8. The van der Waals surface area contributed by atoms with E-state index in [1.165, 1.54) is 31.5 Å². The molecule has 1 fully saturated rings. The molecule has 3 nitrogen and oxygen atoms in total. The van der Waals surface area contributed by atoms with Crippen molar-refractivity contribution in [3.05, 3.63) is 35.4 Å². The molecule has 2 rings (SSSR count). The van der Waals surface area contributed by atoms with E-state index in [1.54, 1.807) is 0 Å². The van der Waals surface area contributed by atoms with Crippen molar-refractivity contribution < 1.29 is 4.79 Å². The molecular weight excluding hydrogens is 248 g/mol. The number of nitrogens with zero attached hydrogens (tertiary/aromatic N) is 1. The SMILES string of the molecule is CCCNC(=O)c1ccc(CN2CCC[C@H](C)C2)cc1. The highest BCUT2D eigenvalue weighted by molar-refractivity contribution is 5.94. The minimum Gasteiger partial charge on any atom is -0.352 e. The Labute approximate surface area is 122 Å². The minimum absolute atomic E-state index is 0.0324. The number of benzene rings is 1. The van der Waals surface area contributed by atoms with Gasteiger partial charge in [0.15, 0.2) is 0 Å². The zero-order valence-corrected chi connectivity index (χ0v) is 12.7. The quantitative estimate of drug-likeness (QED) is 0.895. The van der Waals surface area contributed by atoms with E-state index in [0.29, 0.717) is 0 Å². The average molecular weight is 274 g/mol. The summed E-state index contributed by atoms with van der Waals surface area (Å²) in [4.78, 5) is 14.3. The normalized spacial score (nSPS) is 19.8. The van der Waals surface area contributed by atoms with Gasteiger partial charge in [-0.1, -0.05) is 26.0 Å². The fourth-order valence-electron chi connectivity index (χ4n) is 2.79. The standard InChI is InChI=1S/C17H26N2O/c1-3-10-18-17(20)16-8-6-15(7-9-16)13-19-11-4-5-14(2)12-19/h6-9,14H,3-5,10-13H2,1-2H3,(H,18,20)/t14-/m0/s1. The smallest absolute Gasteiger partial charge is 0.251 e. The van der Waals surface area contributed by atoms with E-state index in [-0.39, 0.29) is 5.91 Å². The summed E-state index contributed by atoms with van der Waals surface area (Å²) in [5, 5.41) is 2.91. The fraction of sp³-hybridized carbons (Fsp3) is 0.588. The molecule has 110 valence electrons. The van der Waals surface area contributed by atoms with Crippen molar-refractivity contribution in [1.29, 1.82) is 0 Å². The number of amides is 1. The van der Waals surface area contributed by atoms with Crippen LogP contribution in [-0.2, 0) is 6.54 Å². The van der Waals surface area contributed by atoms with Crippen LogP contribution in [0.4, 0.5) is 0 Å². The van der Waals surface area contributed by atoms with Crippen LogP contribution in [0.15, 0.2) is 24.3 Å². The average Bonchev–Trinajstić information content (AvgIpc) is 2.45. The van der Waals surface area contributed by atoms with Gasteiger partial charge in [0.2, 0.25) is 0 Å². The Morgan fingerprint density at radius 3 is 2.75 bits per heavy atom. The molecule has 0 spiro atoms. The van der Waals surface area contributed by atoms with Crippen LogP contribution in [0, 0.1) is 5.92 Å². The first-order valence-electron chi connectivity index (χ1n) is 7.78. The van der Waals surface area contributed by atoms with E-state index >= 15 is 0 Å². The first kappa shape index (κ1) is 15.0. The number of likely N-dealkylation sites (tertiary alicyclic amines) is 1. The van der Waals surface area contributed by atoms with Gasteiger partial charge in [-0.3, -0.25) is 9.69 Å². The maximum Gasteiger partial charge on any atom is 0.251 e. The number of piperidine rings is 1. The first-order valence-corrected chi connectivity index (χ1v) is 7.78. The Kier molecular flexibility index (Phi) is 5.60. The monoisotopic (exact) mass is 274 g/mol. The number of carbonyl (C=O) groups excluding carboxylic acids is 1. The molecule has 0 bridgehead atoms. The molecule has 1 aliphatic heterocycles. The van der Waals surface area contributed by atoms with Gasteiger partial charge in [0.05, 0.1) is 0 Å². The van der Waals surface area contributed by atoms with Crippen LogP contribution in [-0.4, -0.2) is 30.4 Å². The van der Waals surface area contributed by atoms with Gasteiger partial charge in [-0.2, -0.15) is 0 Å². The zero-order valence-electron chi connectivity index (χ0n) is 12.7. The number of nitrogens with one attached hydrogen (secondary N) is 1. The highest BCUT2D eigenvalue weighted by Gasteiger charge is 2.16. The minimum atomic E-state index is 0.0324. The van der Waals surface area contributed by atoms with Gasteiger partial charge in [-0.05, 0) is 49.4 Å². The van der Waals surface area contributed by atoms with Crippen LogP contribution < -0.4 is 5.32 Å². The molecule has 20 heavy (non-hydrogen) atoms. The molecule has 1 saturated heterocycles. The van der Waals surface area contributed by atoms with Crippen LogP contribution >= 0.6 is 0 Å². The number of carbonyl (C=O) groups is 1. The molecule has 0 unspecified atom stereocenters. The van der Waals surface area contributed by atoms with Gasteiger partial charge in [0.25, 0.3) is 5.91 Å². The zero-order chi connectivity index (χ0) is 14.4. The lowest BCUT2D eigenvalue weighted by molar-refractivity contribution is 0.0953. The van der Waals surface area contributed by atoms with Crippen LogP contribution in [0.25, 0.3) is 0 Å². The van der Waals surface area contributed by atoms with E-state index in [1.807, 2.05) is 12.1 Å². The molecular formula is C17H26N2O. The summed E-state index contributed by atoms with van der Waals surface area (Å²) in [5.41, 5.74) is 2.06. The van der Waals surface area contributed by atoms with E-state index in [2.05, 4.69) is 36.2 Å². The molecule has 1 heterocycles. The third-order valence-corrected chi connectivity index (χ3v) is 3.90. The first-order chi connectivity index (χ1) is 9.69. The largest absolute Gasteiger partial charge is 0.352 e. The van der Waals surface area contributed by atoms with Crippen molar-refractivity contribution in [2.24, 2.45) is 5.92 Å². The Morgan fingerprint density at radius 2 is 2.10 bits per heavy atom. The molecule has 1 aromatic rings. The van der Waals surface area contributed by atoms with Crippen molar-refractivity contribution in [3.63, 3.8) is 0 Å². The van der Waals surface area contributed by atoms with Crippen molar-refractivity contribution >= 4 is 5.91 Å². The summed E-state index contributed by atoms with van der Waals surface area (Å²) in [6.45, 7) is 8.52. The van der Waals surface area contributed by atoms with Gasteiger partial charge in [-0.25, -0.2) is 0 Å². The fourth-order valence-corrected chi connectivity index (χ4v) is 2.79. The molecule has 0 aliphatic carbocycles. The predicted octanol–water partition coefficient (Wildman–Crippen LogP) is 3.06. The molecule has 1 amide bonds. The summed E-state index contributed by atoms with van der Waals surface area (Å²) < 4.78 is 0. The molecule has 0 radical (unpaired) electrons. The predicted molar refractivity (Wildman–Crippen MR) is 82.7 cm³/mol. The number of rotatable bonds is 5. The second-order valence-corrected chi connectivity index (χ2v) is 5.94. The highest BCUT2D eigenvalue weighted by atomic mass is 16.1. The molecule has 1 atom stereocenters. The Bertz CT molecular complexity index is 427. The summed E-state index contributed by atoms with van der Waals surface area (Å²) in [6, 6.07) is 8.04. The lowest BCUT2D eigenvalue weighted by Gasteiger charge is -2.30. The van der Waals surface area contributed by atoms with Gasteiger partial charge in [-0.15, -0.1) is 0 Å². The third-order valence-electron chi connectivity index (χ3n) is 3.90. The van der Waals surface area contributed by atoms with Crippen molar-refractivity contribution in [2.75, 3.05) is 19.6 Å². The lowest BCUT2D eigenvalue weighted by atomic mass is 9.99. The van der Waals surface area contributed by atoms with Gasteiger partial charge in [0.1, 0.15) is 0 Å². The van der Waals surface area contributed by atoms with Crippen LogP contribution in [0.5, 0.6) is 0 Å². The van der Waals surface area contributed by atoms with Crippen molar-refractivity contribution in [2.45, 2.75) is 39.7 Å². The van der Waals surface area contributed by atoms with Crippen LogP contribution in [0.2, 0.25) is 0 Å². The summed E-state index contributed by atoms with van der Waals surface area (Å²) in [7, 11) is 0. The Morgan fingerprint density at radius 1 is 1.35 bits per heavy atom. The molecule has 0 saturated carbocycles. The molecule has 1 aromatic carbocycles. The number of hydrogen-bond donors (Lipinski definition) is 1. The second-order valence-electron chi connectivity index (χ2n) is 5.94. The van der Waals surface area contributed by atoms with E-state index in [4.69, 9.17) is 0 Å². The second kappa shape index (κ2) is 7.44. The highest BCUT2D eigenvalue weighted by Crippen LogP contribution is 2.18. The van der Waals surface area contributed by atoms with E-state index in [9.17, 15) is 4.79 Å². The third kappa shape index (κ3) is 4.34. The molecule has 3 heteroatoms. The molecule has 0 aromatic heterocycles. The summed E-state index contributed by atoms with van der Waals surface area (Å²) >= 11 is 0. The number of hydrogen-bond acceptors (Lipinski definition) is 2. The summed E-state index contributed by atoms with van der Waals surface area (Å²) in [6.07, 6.45) is 3.63. The topological polar surface area (TPSA) is 32.3 Å². The van der Waals surface area contributed by atoms with Crippen LogP contribution in [0.1, 0.15) is 49.0 Å². The van der Waals surface area contributed by atoms with E-state index in [0.717, 1.165) is 31.0 Å². The Hall–Kier alpha value is -1.35.